The smallest absolute Gasteiger partial charge is 0.352 e. The summed E-state index contributed by atoms with van der Waals surface area (Å²) in [6.45, 7) is 0.404. The zero-order chi connectivity index (χ0) is 25.4. The molecule has 1 fully saturated rings. The molecule has 0 aromatic carbocycles. The number of amides is 2. The lowest BCUT2D eigenvalue weighted by molar-refractivity contribution is -0.697. The zero-order valence-corrected chi connectivity index (χ0v) is 21.1. The number of fused-ring (bicyclic) bond motifs is 2. The number of aryl methyl sites for hydroxylation is 1. The second-order valence-corrected chi connectivity index (χ2v) is 10.6. The molecule has 2 aliphatic heterocycles. The molecular formula is C23H25N6O5S2+. The minimum absolute atomic E-state index is 0.00628. The number of nitrogen functional groups attached to an aromatic ring is 1. The van der Waals surface area contributed by atoms with E-state index in [1.165, 1.54) is 35.0 Å². The zero-order valence-electron chi connectivity index (χ0n) is 19.5. The molecule has 0 bridgehead atoms. The van der Waals surface area contributed by atoms with E-state index in [-0.39, 0.29) is 22.2 Å². The lowest BCUT2D eigenvalue weighted by Gasteiger charge is -2.49. The van der Waals surface area contributed by atoms with Crippen LogP contribution in [0.15, 0.2) is 40.1 Å². The Morgan fingerprint density at radius 3 is 2.92 bits per heavy atom. The van der Waals surface area contributed by atoms with Gasteiger partial charge in [0.2, 0.25) is 0 Å². The number of pyridine rings is 1. The number of anilines is 1. The molecule has 3 aliphatic rings. The molecule has 4 N–H and O–H groups in total. The lowest BCUT2D eigenvalue weighted by atomic mass is 9.95. The van der Waals surface area contributed by atoms with Crippen molar-refractivity contribution in [2.24, 2.45) is 5.16 Å². The van der Waals surface area contributed by atoms with Gasteiger partial charge in [-0.1, -0.05) is 5.16 Å². The lowest BCUT2D eigenvalue weighted by Crippen LogP contribution is -2.71. The van der Waals surface area contributed by atoms with Gasteiger partial charge in [0.05, 0.1) is 0 Å². The molecule has 0 saturated carbocycles. The highest BCUT2D eigenvalue weighted by Crippen LogP contribution is 2.40. The van der Waals surface area contributed by atoms with Crippen LogP contribution < -0.4 is 15.6 Å². The van der Waals surface area contributed by atoms with Crippen LogP contribution in [0.25, 0.3) is 0 Å². The number of nitrogens with two attached hydrogens (primary N) is 1. The average Bonchev–Trinajstić information content (AvgIpc) is 3.31. The van der Waals surface area contributed by atoms with Gasteiger partial charge in [-0.25, -0.2) is 9.78 Å². The minimum atomic E-state index is -1.15. The highest BCUT2D eigenvalue weighted by molar-refractivity contribution is 8.00. The summed E-state index contributed by atoms with van der Waals surface area (Å²) in [5.74, 6) is -1.86. The Balaban J connectivity index is 1.36. The number of aliphatic carboxylic acids is 1. The van der Waals surface area contributed by atoms with Crippen molar-refractivity contribution in [2.45, 2.75) is 43.6 Å². The maximum absolute atomic E-state index is 13.1. The number of aromatic nitrogens is 2. The van der Waals surface area contributed by atoms with Crippen molar-refractivity contribution in [3.63, 3.8) is 0 Å². The molecule has 36 heavy (non-hydrogen) atoms. The molecule has 2 aromatic rings. The standard InChI is InChI=1S/C23H24N6O5S2/c1-34-27-16(14-11-36-23(24)25-14)19(30)26-17-20(31)29-18(22(32)33)13(10-35-21(17)29)9-28-8-4-6-12-5-2-3-7-15(12)28/h4,6,8,11,17,21H,2-3,5,7,9-10H2,1H3,(H3-,24,25,26,30,32,33)/p+1/t17-,21-/m1/s1. The van der Waals surface area contributed by atoms with Crippen LogP contribution in [-0.2, 0) is 38.6 Å². The fourth-order valence-corrected chi connectivity index (χ4v) is 6.72. The van der Waals surface area contributed by atoms with E-state index in [9.17, 15) is 19.5 Å². The predicted octanol–water partition coefficient (Wildman–Crippen LogP) is 0.681. The van der Waals surface area contributed by atoms with Gasteiger partial charge in [-0.15, -0.1) is 23.1 Å². The van der Waals surface area contributed by atoms with Crippen molar-refractivity contribution in [3.8, 4) is 0 Å². The number of oxime groups is 1. The number of nitrogens with zero attached hydrogens (tertiary/aromatic N) is 4. The summed E-state index contributed by atoms with van der Waals surface area (Å²) in [5, 5.41) is 17.7. The SMILES string of the molecule is CON=C(C(=O)N[C@@H]1C(=O)N2C(C(=O)O)=C(C[n+]3cccc4c3CCCC4)CS[C@H]12)c1csc(N)n1. The van der Waals surface area contributed by atoms with Crippen molar-refractivity contribution in [2.75, 3.05) is 18.6 Å². The molecule has 0 radical (unpaired) electrons. The summed E-state index contributed by atoms with van der Waals surface area (Å²) in [7, 11) is 1.30. The third-order valence-electron chi connectivity index (χ3n) is 6.45. The third kappa shape index (κ3) is 4.32. The monoisotopic (exact) mass is 529 g/mol. The van der Waals surface area contributed by atoms with Crippen LogP contribution in [-0.4, -0.2) is 62.8 Å². The molecule has 1 aliphatic carbocycles. The first kappa shape index (κ1) is 24.3. The van der Waals surface area contributed by atoms with Gasteiger partial charge in [0.1, 0.15) is 29.9 Å². The Hall–Kier alpha value is -3.45. The number of carboxylic acids is 1. The van der Waals surface area contributed by atoms with Crippen molar-refractivity contribution in [1.29, 1.82) is 0 Å². The Bertz CT molecular complexity index is 1310. The molecule has 4 heterocycles. The van der Waals surface area contributed by atoms with Crippen LogP contribution in [0.1, 0.15) is 29.8 Å². The van der Waals surface area contributed by atoms with E-state index in [1.54, 1.807) is 5.38 Å². The quantitative estimate of drug-likeness (QED) is 0.205. The van der Waals surface area contributed by atoms with Crippen LogP contribution in [0.4, 0.5) is 5.13 Å². The van der Waals surface area contributed by atoms with Gasteiger partial charge in [-0.3, -0.25) is 14.5 Å². The summed E-state index contributed by atoms with van der Waals surface area (Å²) in [4.78, 5) is 48.4. The number of carbonyl (C=O) groups excluding carboxylic acids is 2. The molecule has 0 spiro atoms. The fraction of sp³-hybridized carbons (Fsp3) is 0.391. The second kappa shape index (κ2) is 9.90. The first-order valence-corrected chi connectivity index (χ1v) is 13.4. The van der Waals surface area contributed by atoms with E-state index in [2.05, 4.69) is 26.1 Å². The van der Waals surface area contributed by atoms with Gasteiger partial charge in [-0.2, -0.15) is 4.57 Å². The topological polar surface area (TPSA) is 151 Å². The molecule has 0 unspecified atom stereocenters. The van der Waals surface area contributed by atoms with Crippen LogP contribution in [0.3, 0.4) is 0 Å². The Morgan fingerprint density at radius 2 is 2.19 bits per heavy atom. The Labute approximate surface area is 215 Å². The molecule has 2 atom stereocenters. The number of thiazole rings is 1. The number of carbonyl (C=O) groups is 3. The molecule has 2 aromatic heterocycles. The van der Waals surface area contributed by atoms with Gasteiger partial charge in [0.25, 0.3) is 11.8 Å². The summed E-state index contributed by atoms with van der Waals surface area (Å²) < 4.78 is 2.10. The number of nitrogens with one attached hydrogen (secondary N) is 1. The van der Waals surface area contributed by atoms with Crippen molar-refractivity contribution < 1.29 is 28.9 Å². The predicted molar refractivity (Wildman–Crippen MR) is 133 cm³/mol. The molecule has 188 valence electrons. The van der Waals surface area contributed by atoms with E-state index in [1.807, 2.05) is 12.3 Å². The van der Waals surface area contributed by atoms with Crippen LogP contribution in [0.2, 0.25) is 0 Å². The van der Waals surface area contributed by atoms with Gasteiger partial charge in [0, 0.05) is 34.8 Å². The number of carboxylic acid groups (broad SMARTS) is 1. The number of rotatable bonds is 7. The first-order chi connectivity index (χ1) is 17.4. The molecule has 11 nitrogen and oxygen atoms in total. The Kier molecular flexibility index (Phi) is 6.67. The van der Waals surface area contributed by atoms with Crippen molar-refractivity contribution >= 4 is 51.7 Å². The van der Waals surface area contributed by atoms with E-state index in [0.717, 1.165) is 37.0 Å². The largest absolute Gasteiger partial charge is 0.477 e. The van der Waals surface area contributed by atoms with Gasteiger partial charge >= 0.3 is 5.97 Å². The minimum Gasteiger partial charge on any atom is -0.477 e. The summed E-state index contributed by atoms with van der Waals surface area (Å²) in [6.07, 6.45) is 6.20. The van der Waals surface area contributed by atoms with E-state index < -0.39 is 29.2 Å². The molecular weight excluding hydrogens is 504 g/mol. The van der Waals surface area contributed by atoms with Gasteiger partial charge in [0.15, 0.2) is 29.3 Å². The van der Waals surface area contributed by atoms with Crippen LogP contribution >= 0.6 is 23.1 Å². The molecule has 5 rings (SSSR count). The summed E-state index contributed by atoms with van der Waals surface area (Å²) in [6, 6.07) is 3.21. The molecule has 2 amide bonds. The highest BCUT2D eigenvalue weighted by Gasteiger charge is 2.55. The number of hydrogen-bond donors (Lipinski definition) is 3. The fourth-order valence-electron chi connectivity index (χ4n) is 4.83. The Morgan fingerprint density at radius 1 is 1.39 bits per heavy atom. The summed E-state index contributed by atoms with van der Waals surface area (Å²) >= 11 is 2.57. The van der Waals surface area contributed by atoms with Crippen LogP contribution in [0, 0.1) is 0 Å². The molecule has 1 saturated heterocycles. The van der Waals surface area contributed by atoms with Gasteiger partial charge < -0.3 is 21.0 Å². The summed E-state index contributed by atoms with van der Waals surface area (Å²) in [5.41, 5.74) is 8.96. The first-order valence-electron chi connectivity index (χ1n) is 11.4. The average molecular weight is 530 g/mol. The molecule has 13 heteroatoms. The number of thioether (sulfide) groups is 1. The van der Waals surface area contributed by atoms with Crippen LogP contribution in [0.5, 0.6) is 0 Å². The number of β-lactam (4-membered cyclic amide) rings is 1. The normalized spacial score (nSPS) is 21.4. The van der Waals surface area contributed by atoms with Crippen molar-refractivity contribution in [1.82, 2.24) is 15.2 Å². The maximum atomic E-state index is 13.1. The number of hydrogen-bond acceptors (Lipinski definition) is 9. The highest BCUT2D eigenvalue weighted by atomic mass is 32.2. The van der Waals surface area contributed by atoms with E-state index in [4.69, 9.17) is 10.6 Å². The third-order valence-corrected chi connectivity index (χ3v) is 8.46. The van der Waals surface area contributed by atoms with Crippen molar-refractivity contribution in [3.05, 3.63) is 51.9 Å². The maximum Gasteiger partial charge on any atom is 0.352 e. The van der Waals surface area contributed by atoms with E-state index in [0.29, 0.717) is 17.9 Å². The van der Waals surface area contributed by atoms with E-state index >= 15 is 0 Å². The van der Waals surface area contributed by atoms with Gasteiger partial charge in [-0.05, 0) is 25.3 Å². The second-order valence-electron chi connectivity index (χ2n) is 8.63.